The Morgan fingerprint density at radius 2 is 0.800 bits per heavy atom. The van der Waals surface area contributed by atoms with Crippen LogP contribution in [0, 0.1) is 0 Å². The normalized spacial score (nSPS) is 11.9. The van der Waals surface area contributed by atoms with Crippen molar-refractivity contribution in [2.24, 2.45) is 9.98 Å². The van der Waals surface area contributed by atoms with Crippen molar-refractivity contribution in [1.82, 2.24) is 0 Å². The molecule has 0 atom stereocenters. The fraction of sp³-hybridized carbons (Fsp3) is 0.562. The molecule has 0 amide bonds. The van der Waals surface area contributed by atoms with Crippen molar-refractivity contribution < 1.29 is 16.5 Å². The molecular formula is C32H48N2Ni. The summed E-state index contributed by atoms with van der Waals surface area (Å²) in [6, 6.07) is 20.8. The van der Waals surface area contributed by atoms with Crippen LogP contribution in [-0.2, 0) is 16.5 Å². The van der Waals surface area contributed by atoms with Crippen molar-refractivity contribution in [3.63, 3.8) is 0 Å². The van der Waals surface area contributed by atoms with Gasteiger partial charge in [0.1, 0.15) is 0 Å². The molecule has 0 aliphatic heterocycles. The first-order valence-corrected chi connectivity index (χ1v) is 14.1. The second-order valence-corrected chi connectivity index (χ2v) is 9.53. The zero-order chi connectivity index (χ0) is 24.1. The molecule has 2 aromatic carbocycles. The second kappa shape index (κ2) is 21.5. The number of benzene rings is 2. The minimum atomic E-state index is 0. The molecule has 0 saturated heterocycles. The van der Waals surface area contributed by atoms with Crippen molar-refractivity contribution >= 4 is 22.8 Å². The van der Waals surface area contributed by atoms with E-state index in [0.29, 0.717) is 0 Å². The fourth-order valence-electron chi connectivity index (χ4n) is 4.32. The van der Waals surface area contributed by atoms with Crippen LogP contribution in [0.4, 0.5) is 11.4 Å². The third-order valence-corrected chi connectivity index (χ3v) is 6.41. The summed E-state index contributed by atoms with van der Waals surface area (Å²) in [5.41, 5.74) is 4.41. The van der Waals surface area contributed by atoms with Gasteiger partial charge in [-0.05, 0) is 49.9 Å². The average molecular weight is 519 g/mol. The molecule has 0 saturated carbocycles. The molecule has 0 radical (unpaired) electrons. The number of hydrogen-bond donors (Lipinski definition) is 0. The third kappa shape index (κ3) is 15.1. The van der Waals surface area contributed by atoms with Crippen LogP contribution in [0.15, 0.2) is 70.6 Å². The predicted molar refractivity (Wildman–Crippen MR) is 152 cm³/mol. The molecule has 196 valence electrons. The summed E-state index contributed by atoms with van der Waals surface area (Å²) in [7, 11) is 0. The van der Waals surface area contributed by atoms with E-state index in [1.54, 1.807) is 0 Å². The molecule has 3 heteroatoms. The van der Waals surface area contributed by atoms with Gasteiger partial charge in [-0.2, -0.15) is 0 Å². The maximum atomic E-state index is 5.08. The van der Waals surface area contributed by atoms with E-state index in [1.165, 1.54) is 94.9 Å². The SMILES string of the molecule is CCCCCCCCCCCCCCC(=Nc1ccccc1)C(CCCC)=Nc1ccccc1.[Ni]. The van der Waals surface area contributed by atoms with Crippen LogP contribution in [0.25, 0.3) is 0 Å². The molecule has 2 nitrogen and oxygen atoms in total. The molecule has 2 rings (SSSR count). The van der Waals surface area contributed by atoms with Gasteiger partial charge >= 0.3 is 0 Å². The molecule has 0 fully saturated rings. The molecule has 0 aliphatic carbocycles. The van der Waals surface area contributed by atoms with Crippen LogP contribution < -0.4 is 0 Å². The minimum Gasteiger partial charge on any atom is -0.252 e. The van der Waals surface area contributed by atoms with Gasteiger partial charge in [0, 0.05) is 16.5 Å². The first-order chi connectivity index (χ1) is 16.8. The Bertz CT molecular complexity index is 799. The van der Waals surface area contributed by atoms with Crippen molar-refractivity contribution in [2.75, 3.05) is 0 Å². The van der Waals surface area contributed by atoms with Crippen molar-refractivity contribution in [3.8, 4) is 0 Å². The Hall–Kier alpha value is -1.73. The largest absolute Gasteiger partial charge is 0.252 e. The van der Waals surface area contributed by atoms with Gasteiger partial charge in [0.05, 0.1) is 22.8 Å². The Kier molecular flexibility index (Phi) is 19.3. The van der Waals surface area contributed by atoms with Crippen molar-refractivity contribution in [2.45, 2.75) is 117 Å². The van der Waals surface area contributed by atoms with E-state index >= 15 is 0 Å². The summed E-state index contributed by atoms with van der Waals surface area (Å²) < 4.78 is 0. The fourth-order valence-corrected chi connectivity index (χ4v) is 4.32. The molecule has 2 aromatic rings. The number of unbranched alkanes of at least 4 members (excludes halogenated alkanes) is 12. The van der Waals surface area contributed by atoms with E-state index in [0.717, 1.165) is 30.6 Å². The Balaban J connectivity index is 0.00000612. The first-order valence-electron chi connectivity index (χ1n) is 14.1. The van der Waals surface area contributed by atoms with E-state index in [1.807, 2.05) is 0 Å². The summed E-state index contributed by atoms with van der Waals surface area (Å²) in [5, 5.41) is 0. The van der Waals surface area contributed by atoms with Gasteiger partial charge in [0.15, 0.2) is 0 Å². The maximum Gasteiger partial charge on any atom is 0.0633 e. The molecule has 0 N–H and O–H groups in total. The van der Waals surface area contributed by atoms with Gasteiger partial charge in [0.25, 0.3) is 0 Å². The summed E-state index contributed by atoms with van der Waals surface area (Å²) in [4.78, 5) is 10.1. The number of para-hydroxylation sites is 2. The van der Waals surface area contributed by atoms with Gasteiger partial charge in [-0.1, -0.05) is 127 Å². The number of aliphatic imine (C=N–C) groups is 2. The van der Waals surface area contributed by atoms with Crippen LogP contribution in [0.3, 0.4) is 0 Å². The van der Waals surface area contributed by atoms with E-state index < -0.39 is 0 Å². The third-order valence-electron chi connectivity index (χ3n) is 6.41. The molecule has 0 unspecified atom stereocenters. The van der Waals surface area contributed by atoms with Gasteiger partial charge < -0.3 is 0 Å². The van der Waals surface area contributed by atoms with E-state index in [9.17, 15) is 0 Å². The summed E-state index contributed by atoms with van der Waals surface area (Å²) in [6.07, 6.45) is 20.8. The molecule has 0 bridgehead atoms. The Morgan fingerprint density at radius 3 is 1.20 bits per heavy atom. The van der Waals surface area contributed by atoms with E-state index in [4.69, 9.17) is 9.98 Å². The minimum absolute atomic E-state index is 0. The number of hydrogen-bond acceptors (Lipinski definition) is 2. The Labute approximate surface area is 226 Å². The Morgan fingerprint density at radius 1 is 0.457 bits per heavy atom. The predicted octanol–water partition coefficient (Wildman–Crippen LogP) is 10.8. The smallest absolute Gasteiger partial charge is 0.0633 e. The molecule has 0 aromatic heterocycles. The van der Waals surface area contributed by atoms with Gasteiger partial charge in [-0.3, -0.25) is 9.98 Å². The van der Waals surface area contributed by atoms with Crippen LogP contribution in [0.1, 0.15) is 117 Å². The monoisotopic (exact) mass is 518 g/mol. The topological polar surface area (TPSA) is 24.7 Å². The second-order valence-electron chi connectivity index (χ2n) is 9.53. The molecule has 0 spiro atoms. The zero-order valence-electron chi connectivity index (χ0n) is 22.3. The summed E-state index contributed by atoms with van der Waals surface area (Å²) in [6.45, 7) is 4.54. The van der Waals surface area contributed by atoms with Crippen molar-refractivity contribution in [1.29, 1.82) is 0 Å². The number of nitrogens with zero attached hydrogens (tertiary/aromatic N) is 2. The quantitative estimate of drug-likeness (QED) is 0.100. The van der Waals surface area contributed by atoms with Crippen LogP contribution in [-0.4, -0.2) is 11.4 Å². The van der Waals surface area contributed by atoms with Gasteiger partial charge in [-0.25, -0.2) is 0 Å². The summed E-state index contributed by atoms with van der Waals surface area (Å²) in [5.74, 6) is 0. The maximum absolute atomic E-state index is 5.08. The molecule has 0 aliphatic rings. The van der Waals surface area contributed by atoms with Gasteiger partial charge in [0.2, 0.25) is 0 Å². The first kappa shape index (κ1) is 31.3. The van der Waals surface area contributed by atoms with Crippen LogP contribution in [0.5, 0.6) is 0 Å². The van der Waals surface area contributed by atoms with Crippen LogP contribution >= 0.6 is 0 Å². The van der Waals surface area contributed by atoms with Gasteiger partial charge in [-0.15, -0.1) is 0 Å². The average Bonchev–Trinajstić information content (AvgIpc) is 2.87. The molecule has 35 heavy (non-hydrogen) atoms. The summed E-state index contributed by atoms with van der Waals surface area (Å²) >= 11 is 0. The molecular weight excluding hydrogens is 471 g/mol. The number of rotatable bonds is 19. The zero-order valence-corrected chi connectivity index (χ0v) is 23.3. The van der Waals surface area contributed by atoms with E-state index in [2.05, 4.69) is 74.5 Å². The van der Waals surface area contributed by atoms with Crippen LogP contribution in [0.2, 0.25) is 0 Å². The standard InChI is InChI=1S/C32H48N2.Ni/c1-3-5-7-8-9-10-11-12-13-14-15-22-28-32(34-30-25-20-17-21-26-30)31(27-6-4-2)33-29-23-18-16-19-24-29;/h16-21,23-26H,3-15,22,27-28H2,1-2H3;. The van der Waals surface area contributed by atoms with E-state index in [-0.39, 0.29) is 16.5 Å². The van der Waals surface area contributed by atoms with Crippen molar-refractivity contribution in [3.05, 3.63) is 60.7 Å². The molecule has 0 heterocycles.